The number of nitrogens with two attached hydrogens (primary N) is 1. The topological polar surface area (TPSA) is 113 Å². The maximum atomic E-state index is 11.7. The number of carbonyl (C=O) groups is 1. The molecule has 1 amide bonds. The van der Waals surface area contributed by atoms with Crippen LogP contribution in [0.25, 0.3) is 0 Å². The molecule has 0 spiro atoms. The molecular formula is C13H22N4O3S. The predicted molar refractivity (Wildman–Crippen MR) is 83.5 cm³/mol. The Kier molecular flexibility index (Phi) is 6.44. The predicted octanol–water partition coefficient (Wildman–Crippen LogP) is 0.505. The number of hydrogen-bond acceptors (Lipinski definition) is 5. The maximum Gasteiger partial charge on any atom is 0.242 e. The lowest BCUT2D eigenvalue weighted by Gasteiger charge is -2.10. The highest BCUT2D eigenvalue weighted by atomic mass is 32.2. The Morgan fingerprint density at radius 3 is 2.57 bits per heavy atom. The van der Waals surface area contributed by atoms with Crippen LogP contribution in [0.5, 0.6) is 0 Å². The van der Waals surface area contributed by atoms with E-state index in [4.69, 9.17) is 5.73 Å². The third-order valence-electron chi connectivity index (χ3n) is 2.82. The van der Waals surface area contributed by atoms with Gasteiger partial charge in [0.2, 0.25) is 15.9 Å². The Labute approximate surface area is 125 Å². The van der Waals surface area contributed by atoms with E-state index in [1.165, 1.54) is 19.2 Å². The standard InChI is InChI=1S/C13H22N4O3S/c1-3-7-17-13(18)6-8-16-10-4-5-12(11(14)9-10)21(19,20)15-2/h4-5,9,15-16H,3,6-8,14H2,1-2H3,(H,17,18). The Balaban J connectivity index is 2.59. The van der Waals surface area contributed by atoms with Gasteiger partial charge in [-0.1, -0.05) is 6.92 Å². The Morgan fingerprint density at radius 1 is 1.29 bits per heavy atom. The molecule has 0 atom stereocenters. The minimum atomic E-state index is -3.56. The number of hydrogen-bond donors (Lipinski definition) is 4. The molecule has 118 valence electrons. The first-order chi connectivity index (χ1) is 9.90. The van der Waals surface area contributed by atoms with Gasteiger partial charge in [0, 0.05) is 25.2 Å². The minimum absolute atomic E-state index is 0.0216. The number of nitrogens with one attached hydrogen (secondary N) is 3. The molecule has 0 unspecified atom stereocenters. The highest BCUT2D eigenvalue weighted by molar-refractivity contribution is 7.89. The van der Waals surface area contributed by atoms with Gasteiger partial charge in [-0.25, -0.2) is 13.1 Å². The second kappa shape index (κ2) is 7.84. The van der Waals surface area contributed by atoms with E-state index >= 15 is 0 Å². The van der Waals surface area contributed by atoms with Gasteiger partial charge in [0.25, 0.3) is 0 Å². The van der Waals surface area contributed by atoms with Crippen LogP contribution in [-0.2, 0) is 14.8 Å². The van der Waals surface area contributed by atoms with E-state index in [1.54, 1.807) is 6.07 Å². The second-order valence-corrected chi connectivity index (χ2v) is 6.34. The summed E-state index contributed by atoms with van der Waals surface area (Å²) in [5, 5.41) is 5.81. The lowest BCUT2D eigenvalue weighted by atomic mass is 10.2. The number of rotatable bonds is 8. The van der Waals surface area contributed by atoms with Crippen molar-refractivity contribution in [3.63, 3.8) is 0 Å². The van der Waals surface area contributed by atoms with E-state index in [-0.39, 0.29) is 16.5 Å². The van der Waals surface area contributed by atoms with Crippen molar-refractivity contribution in [2.75, 3.05) is 31.2 Å². The van der Waals surface area contributed by atoms with Gasteiger partial charge in [-0.05, 0) is 31.7 Å². The molecular weight excluding hydrogens is 292 g/mol. The quantitative estimate of drug-likeness (QED) is 0.522. The summed E-state index contributed by atoms with van der Waals surface area (Å²) in [6.45, 7) is 3.11. The number of nitrogen functional groups attached to an aromatic ring is 1. The Hall–Kier alpha value is -1.80. The minimum Gasteiger partial charge on any atom is -0.398 e. The van der Waals surface area contributed by atoms with Crippen LogP contribution < -0.4 is 21.1 Å². The smallest absolute Gasteiger partial charge is 0.242 e. The SMILES string of the molecule is CCCNC(=O)CCNc1ccc(S(=O)(=O)NC)c(N)c1. The molecule has 0 saturated carbocycles. The summed E-state index contributed by atoms with van der Waals surface area (Å²) in [6, 6.07) is 4.58. The monoisotopic (exact) mass is 314 g/mol. The van der Waals surface area contributed by atoms with Crippen LogP contribution in [0.15, 0.2) is 23.1 Å². The first-order valence-electron chi connectivity index (χ1n) is 6.74. The average Bonchev–Trinajstić information content (AvgIpc) is 2.45. The van der Waals surface area contributed by atoms with Gasteiger partial charge in [0.1, 0.15) is 4.90 Å². The van der Waals surface area contributed by atoms with Crippen LogP contribution in [0.4, 0.5) is 11.4 Å². The van der Waals surface area contributed by atoms with Crippen LogP contribution in [0.1, 0.15) is 19.8 Å². The number of carbonyl (C=O) groups excluding carboxylic acids is 1. The van der Waals surface area contributed by atoms with Gasteiger partial charge < -0.3 is 16.4 Å². The molecule has 7 nitrogen and oxygen atoms in total. The van der Waals surface area contributed by atoms with Gasteiger partial charge in [-0.3, -0.25) is 4.79 Å². The molecule has 0 aromatic heterocycles. The second-order valence-electron chi connectivity index (χ2n) is 4.49. The highest BCUT2D eigenvalue weighted by Gasteiger charge is 2.15. The van der Waals surface area contributed by atoms with Gasteiger partial charge in [-0.2, -0.15) is 0 Å². The van der Waals surface area contributed by atoms with Crippen molar-refractivity contribution in [1.29, 1.82) is 0 Å². The van der Waals surface area contributed by atoms with E-state index in [0.717, 1.165) is 6.42 Å². The molecule has 0 bridgehead atoms. The lowest BCUT2D eigenvalue weighted by Crippen LogP contribution is -2.25. The molecule has 0 saturated heterocycles. The first kappa shape index (κ1) is 17.3. The number of anilines is 2. The zero-order valence-corrected chi connectivity index (χ0v) is 13.1. The van der Waals surface area contributed by atoms with Crippen molar-refractivity contribution >= 4 is 27.3 Å². The van der Waals surface area contributed by atoms with Crippen LogP contribution in [0.2, 0.25) is 0 Å². The van der Waals surface area contributed by atoms with Crippen molar-refractivity contribution in [1.82, 2.24) is 10.0 Å². The summed E-state index contributed by atoms with van der Waals surface area (Å²) >= 11 is 0. The van der Waals surface area contributed by atoms with Gasteiger partial charge in [0.15, 0.2) is 0 Å². The molecule has 1 rings (SSSR count). The molecule has 0 aliphatic carbocycles. The number of sulfonamides is 1. The van der Waals surface area contributed by atoms with Crippen LogP contribution in [0, 0.1) is 0 Å². The molecule has 5 N–H and O–H groups in total. The fraction of sp³-hybridized carbons (Fsp3) is 0.462. The van der Waals surface area contributed by atoms with Crippen LogP contribution >= 0.6 is 0 Å². The molecule has 1 aromatic carbocycles. The highest BCUT2D eigenvalue weighted by Crippen LogP contribution is 2.22. The summed E-state index contributed by atoms with van der Waals surface area (Å²) in [5.74, 6) is -0.0216. The number of amides is 1. The molecule has 0 radical (unpaired) electrons. The largest absolute Gasteiger partial charge is 0.398 e. The number of benzene rings is 1. The normalized spacial score (nSPS) is 11.1. The molecule has 0 heterocycles. The zero-order chi connectivity index (χ0) is 15.9. The van der Waals surface area contributed by atoms with Crippen molar-refractivity contribution in [2.45, 2.75) is 24.7 Å². The maximum absolute atomic E-state index is 11.7. The summed E-state index contributed by atoms with van der Waals surface area (Å²) < 4.78 is 25.6. The van der Waals surface area contributed by atoms with E-state index in [0.29, 0.717) is 25.2 Å². The van der Waals surface area contributed by atoms with E-state index in [2.05, 4.69) is 15.4 Å². The molecule has 1 aromatic rings. The summed E-state index contributed by atoms with van der Waals surface area (Å²) in [4.78, 5) is 11.5. The van der Waals surface area contributed by atoms with Gasteiger partial charge >= 0.3 is 0 Å². The summed E-state index contributed by atoms with van der Waals surface area (Å²) in [6.07, 6.45) is 1.24. The third kappa shape index (κ3) is 5.24. The molecule has 21 heavy (non-hydrogen) atoms. The Morgan fingerprint density at radius 2 is 2.00 bits per heavy atom. The first-order valence-corrected chi connectivity index (χ1v) is 8.22. The Bertz CT molecular complexity index is 587. The van der Waals surface area contributed by atoms with Crippen molar-refractivity contribution in [3.8, 4) is 0 Å². The van der Waals surface area contributed by atoms with Crippen molar-refractivity contribution < 1.29 is 13.2 Å². The average molecular weight is 314 g/mol. The van der Waals surface area contributed by atoms with E-state index in [9.17, 15) is 13.2 Å². The lowest BCUT2D eigenvalue weighted by molar-refractivity contribution is -0.120. The fourth-order valence-electron chi connectivity index (χ4n) is 1.69. The molecule has 0 aliphatic heterocycles. The molecule has 0 aliphatic rings. The van der Waals surface area contributed by atoms with Crippen LogP contribution in [0.3, 0.4) is 0 Å². The fourth-order valence-corrected chi connectivity index (χ4v) is 2.52. The van der Waals surface area contributed by atoms with Crippen molar-refractivity contribution in [2.24, 2.45) is 0 Å². The summed E-state index contributed by atoms with van der Waals surface area (Å²) in [7, 11) is -2.23. The summed E-state index contributed by atoms with van der Waals surface area (Å²) in [5.41, 5.74) is 6.57. The van der Waals surface area contributed by atoms with Gasteiger partial charge in [0.05, 0.1) is 5.69 Å². The van der Waals surface area contributed by atoms with Gasteiger partial charge in [-0.15, -0.1) is 0 Å². The molecule has 0 fully saturated rings. The molecule has 8 heteroatoms. The zero-order valence-electron chi connectivity index (χ0n) is 12.3. The third-order valence-corrected chi connectivity index (χ3v) is 4.31. The van der Waals surface area contributed by atoms with Crippen LogP contribution in [-0.4, -0.2) is 34.5 Å². The van der Waals surface area contributed by atoms with Crippen molar-refractivity contribution in [3.05, 3.63) is 18.2 Å². The van der Waals surface area contributed by atoms with E-state index < -0.39 is 10.0 Å². The van der Waals surface area contributed by atoms with E-state index in [1.807, 2.05) is 6.92 Å².